The van der Waals surface area contributed by atoms with E-state index in [1.165, 1.54) is 9.75 Å². The molecule has 2 saturated heterocycles. The minimum Gasteiger partial charge on any atom is -0.355 e. The van der Waals surface area contributed by atoms with Gasteiger partial charge < -0.3 is 5.32 Å². The third-order valence-electron chi connectivity index (χ3n) is 3.57. The lowest BCUT2D eigenvalue weighted by Gasteiger charge is -2.15. The molecule has 1 amide bonds. The first-order chi connectivity index (χ1) is 7.72. The second-order valence-corrected chi connectivity index (χ2v) is 6.19. The molecule has 0 aromatic carbocycles. The second kappa shape index (κ2) is 3.86. The van der Waals surface area contributed by atoms with Gasteiger partial charge in [-0.1, -0.05) is 0 Å². The fourth-order valence-corrected chi connectivity index (χ4v) is 3.68. The van der Waals surface area contributed by atoms with Crippen LogP contribution in [0.1, 0.15) is 9.75 Å². The summed E-state index contributed by atoms with van der Waals surface area (Å²) in [5.74, 6) is 1.06. The van der Waals surface area contributed by atoms with E-state index in [-0.39, 0.29) is 11.8 Å². The number of hydrogen-bond acceptors (Lipinski definition) is 3. The Morgan fingerprint density at radius 2 is 2.38 bits per heavy atom. The summed E-state index contributed by atoms with van der Waals surface area (Å²) in [6.07, 6.45) is 0. The van der Waals surface area contributed by atoms with Gasteiger partial charge in [-0.3, -0.25) is 9.69 Å². The molecule has 4 heteroatoms. The smallest absolute Gasteiger partial charge is 0.224 e. The fourth-order valence-electron chi connectivity index (χ4n) is 2.75. The normalized spacial score (nSPS) is 29.4. The van der Waals surface area contributed by atoms with E-state index >= 15 is 0 Å². The molecule has 0 unspecified atom stereocenters. The number of amides is 1. The highest BCUT2D eigenvalue weighted by Gasteiger charge is 2.41. The molecule has 0 bridgehead atoms. The van der Waals surface area contributed by atoms with Crippen molar-refractivity contribution in [2.45, 2.75) is 13.5 Å². The van der Waals surface area contributed by atoms with Crippen LogP contribution in [0.15, 0.2) is 12.1 Å². The molecule has 0 radical (unpaired) electrons. The summed E-state index contributed by atoms with van der Waals surface area (Å²) in [5.41, 5.74) is 0. The second-order valence-electron chi connectivity index (χ2n) is 4.82. The molecule has 0 aliphatic carbocycles. The fraction of sp³-hybridized carbons (Fsp3) is 0.583. The van der Waals surface area contributed by atoms with Gasteiger partial charge in [-0.15, -0.1) is 11.3 Å². The van der Waals surface area contributed by atoms with E-state index in [4.69, 9.17) is 0 Å². The number of thiophene rings is 1. The van der Waals surface area contributed by atoms with Gasteiger partial charge in [0.15, 0.2) is 0 Å². The van der Waals surface area contributed by atoms with Gasteiger partial charge in [0.1, 0.15) is 0 Å². The zero-order chi connectivity index (χ0) is 11.1. The van der Waals surface area contributed by atoms with Crippen LogP contribution in [-0.4, -0.2) is 30.4 Å². The largest absolute Gasteiger partial charge is 0.355 e. The number of likely N-dealkylation sites (tertiary alicyclic amines) is 1. The van der Waals surface area contributed by atoms with Crippen LogP contribution < -0.4 is 5.32 Å². The summed E-state index contributed by atoms with van der Waals surface area (Å²) in [4.78, 5) is 16.7. The quantitative estimate of drug-likeness (QED) is 0.838. The topological polar surface area (TPSA) is 32.3 Å². The molecule has 3 heterocycles. The van der Waals surface area contributed by atoms with Crippen LogP contribution >= 0.6 is 11.3 Å². The van der Waals surface area contributed by atoms with E-state index in [0.29, 0.717) is 5.92 Å². The van der Waals surface area contributed by atoms with Crippen LogP contribution in [0.5, 0.6) is 0 Å². The van der Waals surface area contributed by atoms with Crippen LogP contribution in [0, 0.1) is 18.8 Å². The van der Waals surface area contributed by atoms with E-state index in [2.05, 4.69) is 29.3 Å². The average molecular weight is 236 g/mol. The molecule has 0 saturated carbocycles. The lowest BCUT2D eigenvalue weighted by Crippen LogP contribution is -2.28. The first-order valence-electron chi connectivity index (χ1n) is 5.78. The third-order valence-corrected chi connectivity index (χ3v) is 4.55. The van der Waals surface area contributed by atoms with Crippen molar-refractivity contribution in [3.8, 4) is 0 Å². The molecule has 16 heavy (non-hydrogen) atoms. The van der Waals surface area contributed by atoms with Crippen molar-refractivity contribution in [1.82, 2.24) is 10.2 Å². The maximum Gasteiger partial charge on any atom is 0.224 e. The Morgan fingerprint density at radius 1 is 1.50 bits per heavy atom. The van der Waals surface area contributed by atoms with E-state index in [1.807, 2.05) is 11.3 Å². The molecule has 3 rings (SSSR count). The number of nitrogens with zero attached hydrogens (tertiary/aromatic N) is 1. The lowest BCUT2D eigenvalue weighted by molar-refractivity contribution is -0.122. The van der Waals surface area contributed by atoms with E-state index < -0.39 is 0 Å². The number of carbonyl (C=O) groups is 1. The molecule has 1 aromatic heterocycles. The van der Waals surface area contributed by atoms with Gasteiger partial charge in [-0.2, -0.15) is 0 Å². The third kappa shape index (κ3) is 1.76. The van der Waals surface area contributed by atoms with Gasteiger partial charge >= 0.3 is 0 Å². The Kier molecular flexibility index (Phi) is 2.48. The average Bonchev–Trinajstić information content (AvgIpc) is 2.88. The first-order valence-corrected chi connectivity index (χ1v) is 6.59. The summed E-state index contributed by atoms with van der Waals surface area (Å²) in [5, 5.41) is 2.95. The zero-order valence-electron chi connectivity index (χ0n) is 9.40. The van der Waals surface area contributed by atoms with Crippen molar-refractivity contribution in [2.24, 2.45) is 11.8 Å². The Labute approximate surface area is 99.5 Å². The van der Waals surface area contributed by atoms with Crippen LogP contribution in [0.3, 0.4) is 0 Å². The number of fused-ring (bicyclic) bond motifs is 1. The number of carbonyl (C=O) groups excluding carboxylic acids is 1. The van der Waals surface area contributed by atoms with Crippen molar-refractivity contribution in [3.63, 3.8) is 0 Å². The Hall–Kier alpha value is -0.870. The summed E-state index contributed by atoms with van der Waals surface area (Å²) in [7, 11) is 0. The van der Waals surface area contributed by atoms with Crippen molar-refractivity contribution >= 4 is 17.2 Å². The number of nitrogens with one attached hydrogen (secondary N) is 1. The van der Waals surface area contributed by atoms with Crippen molar-refractivity contribution < 1.29 is 4.79 Å². The van der Waals surface area contributed by atoms with Crippen molar-refractivity contribution in [1.29, 1.82) is 0 Å². The van der Waals surface area contributed by atoms with Crippen molar-refractivity contribution in [3.05, 3.63) is 21.9 Å². The Bertz CT molecular complexity index is 415. The predicted octanol–water partition coefficient (Wildman–Crippen LogP) is 1.23. The molecule has 1 aromatic rings. The first kappa shape index (κ1) is 10.3. The summed E-state index contributed by atoms with van der Waals surface area (Å²) < 4.78 is 0. The van der Waals surface area contributed by atoms with Gasteiger partial charge in [-0.05, 0) is 19.1 Å². The van der Waals surface area contributed by atoms with E-state index in [0.717, 1.165) is 26.2 Å². The number of hydrogen-bond donors (Lipinski definition) is 1. The minimum atomic E-state index is 0.251. The van der Waals surface area contributed by atoms with E-state index in [9.17, 15) is 4.79 Å². The molecule has 2 aliphatic heterocycles. The monoisotopic (exact) mass is 236 g/mol. The van der Waals surface area contributed by atoms with Crippen LogP contribution in [0.2, 0.25) is 0 Å². The molecule has 2 aliphatic rings. The maximum atomic E-state index is 11.5. The van der Waals surface area contributed by atoms with Gasteiger partial charge in [0, 0.05) is 41.9 Å². The SMILES string of the molecule is Cc1ccc(CN2C[C@@H]3CNC(=O)[C@@H]3C2)s1. The highest BCUT2D eigenvalue weighted by Crippen LogP contribution is 2.29. The molecular weight excluding hydrogens is 220 g/mol. The Morgan fingerprint density at radius 3 is 3.06 bits per heavy atom. The maximum absolute atomic E-state index is 11.5. The summed E-state index contributed by atoms with van der Waals surface area (Å²) in [6.45, 7) is 6.04. The standard InChI is InChI=1S/C12H16N2OS/c1-8-2-3-10(16-8)6-14-5-9-4-13-12(15)11(9)7-14/h2-3,9,11H,4-7H2,1H3,(H,13,15)/t9-,11+/m0/s1. The predicted molar refractivity (Wildman–Crippen MR) is 64.3 cm³/mol. The number of rotatable bonds is 2. The molecule has 2 atom stereocenters. The highest BCUT2D eigenvalue weighted by atomic mass is 32.1. The van der Waals surface area contributed by atoms with Gasteiger partial charge in [-0.25, -0.2) is 0 Å². The van der Waals surface area contributed by atoms with E-state index in [1.54, 1.807) is 0 Å². The van der Waals surface area contributed by atoms with Gasteiger partial charge in [0.25, 0.3) is 0 Å². The zero-order valence-corrected chi connectivity index (χ0v) is 10.2. The molecule has 2 fully saturated rings. The summed E-state index contributed by atoms with van der Waals surface area (Å²) in [6, 6.07) is 4.37. The van der Waals surface area contributed by atoms with Gasteiger partial charge in [0.05, 0.1) is 5.92 Å². The molecule has 0 spiro atoms. The highest BCUT2D eigenvalue weighted by molar-refractivity contribution is 7.11. The lowest BCUT2D eigenvalue weighted by atomic mass is 10.0. The molecule has 3 nitrogen and oxygen atoms in total. The van der Waals surface area contributed by atoms with Crippen molar-refractivity contribution in [2.75, 3.05) is 19.6 Å². The molecule has 1 N–H and O–H groups in total. The summed E-state index contributed by atoms with van der Waals surface area (Å²) >= 11 is 1.86. The minimum absolute atomic E-state index is 0.251. The van der Waals surface area contributed by atoms with Crippen LogP contribution in [0.25, 0.3) is 0 Å². The van der Waals surface area contributed by atoms with Crippen LogP contribution in [-0.2, 0) is 11.3 Å². The van der Waals surface area contributed by atoms with Gasteiger partial charge in [0.2, 0.25) is 5.91 Å². The number of aryl methyl sites for hydroxylation is 1. The molecule has 86 valence electrons. The van der Waals surface area contributed by atoms with Crippen LogP contribution in [0.4, 0.5) is 0 Å². The molecular formula is C12H16N2OS. The Balaban J connectivity index is 1.64.